The van der Waals surface area contributed by atoms with Crippen LogP contribution in [0, 0.1) is 13.8 Å². The zero-order chi connectivity index (χ0) is 14.7. The van der Waals surface area contributed by atoms with Crippen LogP contribution < -0.4 is 5.32 Å². The highest BCUT2D eigenvalue weighted by Crippen LogP contribution is 2.21. The van der Waals surface area contributed by atoms with E-state index in [1.54, 1.807) is 0 Å². The van der Waals surface area contributed by atoms with Crippen molar-refractivity contribution >= 4 is 11.6 Å². The van der Waals surface area contributed by atoms with Gasteiger partial charge >= 0.3 is 0 Å². The van der Waals surface area contributed by atoms with Crippen molar-refractivity contribution in [2.24, 2.45) is 0 Å². The van der Waals surface area contributed by atoms with Gasteiger partial charge in [-0.1, -0.05) is 41.4 Å². The first-order valence-corrected chi connectivity index (χ1v) is 7.42. The minimum absolute atomic E-state index is 0.284. The molecule has 108 valence electrons. The lowest BCUT2D eigenvalue weighted by molar-refractivity contribution is 0.531. The minimum atomic E-state index is 0.284. The van der Waals surface area contributed by atoms with Crippen LogP contribution in [0.2, 0.25) is 5.02 Å². The highest BCUT2D eigenvalue weighted by atomic mass is 35.5. The Kier molecular flexibility index (Phi) is 4.84. The summed E-state index contributed by atoms with van der Waals surface area (Å²) in [7, 11) is 0. The quantitative estimate of drug-likeness (QED) is 0.901. The summed E-state index contributed by atoms with van der Waals surface area (Å²) in [6.07, 6.45) is 0. The van der Waals surface area contributed by atoms with Gasteiger partial charge in [-0.05, 0) is 33.3 Å². The Morgan fingerprint density at radius 3 is 2.50 bits per heavy atom. The normalized spacial score (nSPS) is 12.7. The number of aryl methyl sites for hydroxylation is 3. The predicted octanol–water partition coefficient (Wildman–Crippen LogP) is 4.02. The molecule has 0 saturated carbocycles. The first-order chi connectivity index (χ1) is 9.52. The molecule has 3 nitrogen and oxygen atoms in total. The molecular formula is C16H22ClN3. The highest BCUT2D eigenvalue weighted by molar-refractivity contribution is 6.31. The molecule has 1 unspecified atom stereocenters. The molecule has 0 aliphatic heterocycles. The van der Waals surface area contributed by atoms with E-state index in [0.717, 1.165) is 29.5 Å². The zero-order valence-corrected chi connectivity index (χ0v) is 13.3. The standard InChI is InChI=1S/C16H22ClN3/c1-5-20-15(16(17)13(4)19-20)10-18-12(3)14-8-6-11(2)7-9-14/h6-9,12,18H,5,10H2,1-4H3. The Hall–Kier alpha value is -1.32. The fraction of sp³-hybridized carbons (Fsp3) is 0.438. The molecule has 1 aromatic carbocycles. The lowest BCUT2D eigenvalue weighted by Gasteiger charge is -2.15. The average molecular weight is 292 g/mol. The van der Waals surface area contributed by atoms with E-state index in [0.29, 0.717) is 0 Å². The molecule has 4 heteroatoms. The summed E-state index contributed by atoms with van der Waals surface area (Å²) < 4.78 is 1.96. The molecule has 0 aliphatic carbocycles. The first-order valence-electron chi connectivity index (χ1n) is 7.04. The Labute approximate surface area is 126 Å². The van der Waals surface area contributed by atoms with Crippen LogP contribution in [0.25, 0.3) is 0 Å². The predicted molar refractivity (Wildman–Crippen MR) is 84.1 cm³/mol. The number of benzene rings is 1. The lowest BCUT2D eigenvalue weighted by Crippen LogP contribution is -2.20. The first kappa shape index (κ1) is 15.1. The van der Waals surface area contributed by atoms with Gasteiger partial charge in [-0.15, -0.1) is 0 Å². The third-order valence-electron chi connectivity index (χ3n) is 3.61. The molecule has 0 radical (unpaired) electrons. The Balaban J connectivity index is 2.07. The van der Waals surface area contributed by atoms with Gasteiger partial charge in [0.05, 0.1) is 16.4 Å². The molecular weight excluding hydrogens is 270 g/mol. The molecule has 1 aromatic heterocycles. The fourth-order valence-electron chi connectivity index (χ4n) is 2.26. The lowest BCUT2D eigenvalue weighted by atomic mass is 10.1. The number of halogens is 1. The summed E-state index contributed by atoms with van der Waals surface area (Å²) >= 11 is 6.32. The number of rotatable bonds is 5. The largest absolute Gasteiger partial charge is 0.305 e. The second kappa shape index (κ2) is 6.42. The molecule has 0 amide bonds. The summed E-state index contributed by atoms with van der Waals surface area (Å²) in [5.74, 6) is 0. The average Bonchev–Trinajstić information content (AvgIpc) is 2.72. The molecule has 20 heavy (non-hydrogen) atoms. The fourth-order valence-corrected chi connectivity index (χ4v) is 2.46. The SMILES string of the molecule is CCn1nc(C)c(Cl)c1CNC(C)c1ccc(C)cc1. The van der Waals surface area contributed by atoms with Gasteiger partial charge in [0.25, 0.3) is 0 Å². The topological polar surface area (TPSA) is 29.9 Å². The maximum atomic E-state index is 6.32. The van der Waals surface area contributed by atoms with Crippen molar-refractivity contribution in [1.82, 2.24) is 15.1 Å². The van der Waals surface area contributed by atoms with Gasteiger partial charge in [0.1, 0.15) is 0 Å². The second-order valence-corrected chi connectivity index (χ2v) is 5.55. The van der Waals surface area contributed by atoms with E-state index in [-0.39, 0.29) is 6.04 Å². The molecule has 0 saturated heterocycles. The van der Waals surface area contributed by atoms with E-state index in [2.05, 4.69) is 55.5 Å². The number of nitrogens with one attached hydrogen (secondary N) is 1. The summed E-state index contributed by atoms with van der Waals surface area (Å²) in [5.41, 5.74) is 4.52. The van der Waals surface area contributed by atoms with Gasteiger partial charge in [0, 0.05) is 19.1 Å². The Morgan fingerprint density at radius 2 is 1.90 bits per heavy atom. The van der Waals surface area contributed by atoms with Crippen LogP contribution in [0.4, 0.5) is 0 Å². The van der Waals surface area contributed by atoms with E-state index in [1.807, 2.05) is 11.6 Å². The molecule has 2 aromatic rings. The van der Waals surface area contributed by atoms with Gasteiger partial charge in [0.15, 0.2) is 0 Å². The van der Waals surface area contributed by atoms with Crippen LogP contribution in [0.15, 0.2) is 24.3 Å². The molecule has 0 aliphatic rings. The summed E-state index contributed by atoms with van der Waals surface area (Å²) in [5, 5.41) is 8.73. The van der Waals surface area contributed by atoms with Gasteiger partial charge < -0.3 is 5.32 Å². The van der Waals surface area contributed by atoms with E-state index in [4.69, 9.17) is 11.6 Å². The van der Waals surface area contributed by atoms with Gasteiger partial charge in [-0.2, -0.15) is 5.10 Å². The molecule has 1 N–H and O–H groups in total. The molecule has 0 bridgehead atoms. The van der Waals surface area contributed by atoms with E-state index < -0.39 is 0 Å². The van der Waals surface area contributed by atoms with Crippen LogP contribution in [0.3, 0.4) is 0 Å². The Bertz CT molecular complexity index is 572. The highest BCUT2D eigenvalue weighted by Gasteiger charge is 2.13. The monoisotopic (exact) mass is 291 g/mol. The summed E-state index contributed by atoms with van der Waals surface area (Å²) in [6, 6.07) is 8.89. The van der Waals surface area contributed by atoms with Crippen LogP contribution in [-0.4, -0.2) is 9.78 Å². The van der Waals surface area contributed by atoms with Gasteiger partial charge in [-0.25, -0.2) is 0 Å². The zero-order valence-electron chi connectivity index (χ0n) is 12.6. The maximum Gasteiger partial charge on any atom is 0.0860 e. The van der Waals surface area contributed by atoms with Gasteiger partial charge in [-0.3, -0.25) is 4.68 Å². The van der Waals surface area contributed by atoms with E-state index >= 15 is 0 Å². The maximum absolute atomic E-state index is 6.32. The van der Waals surface area contributed by atoms with E-state index in [1.165, 1.54) is 11.1 Å². The smallest absolute Gasteiger partial charge is 0.0860 e. The number of hydrogen-bond donors (Lipinski definition) is 1. The van der Waals surface area contributed by atoms with Crippen LogP contribution in [-0.2, 0) is 13.1 Å². The van der Waals surface area contributed by atoms with Crippen molar-refractivity contribution in [2.75, 3.05) is 0 Å². The summed E-state index contributed by atoms with van der Waals surface area (Å²) in [4.78, 5) is 0. The van der Waals surface area contributed by atoms with Crippen molar-refractivity contribution in [3.8, 4) is 0 Å². The van der Waals surface area contributed by atoms with Gasteiger partial charge in [0.2, 0.25) is 0 Å². The number of aromatic nitrogens is 2. The molecule has 2 rings (SSSR count). The molecule has 0 fully saturated rings. The van der Waals surface area contributed by atoms with Crippen molar-refractivity contribution in [3.05, 3.63) is 51.8 Å². The van der Waals surface area contributed by atoms with Crippen molar-refractivity contribution in [1.29, 1.82) is 0 Å². The van der Waals surface area contributed by atoms with Crippen LogP contribution in [0.5, 0.6) is 0 Å². The second-order valence-electron chi connectivity index (χ2n) is 5.18. The molecule has 1 heterocycles. The third-order valence-corrected chi connectivity index (χ3v) is 4.10. The van der Waals surface area contributed by atoms with Crippen molar-refractivity contribution < 1.29 is 0 Å². The molecule has 0 spiro atoms. The van der Waals surface area contributed by atoms with Crippen molar-refractivity contribution in [2.45, 2.75) is 46.8 Å². The minimum Gasteiger partial charge on any atom is -0.305 e. The van der Waals surface area contributed by atoms with Crippen LogP contribution in [0.1, 0.15) is 42.4 Å². The number of nitrogens with zero attached hydrogens (tertiary/aromatic N) is 2. The third kappa shape index (κ3) is 3.22. The van der Waals surface area contributed by atoms with Crippen LogP contribution >= 0.6 is 11.6 Å². The number of hydrogen-bond acceptors (Lipinski definition) is 2. The van der Waals surface area contributed by atoms with Crippen molar-refractivity contribution in [3.63, 3.8) is 0 Å². The summed E-state index contributed by atoms with van der Waals surface area (Å²) in [6.45, 7) is 9.85. The van der Waals surface area contributed by atoms with E-state index in [9.17, 15) is 0 Å². The Morgan fingerprint density at radius 1 is 1.25 bits per heavy atom. The molecule has 1 atom stereocenters.